The van der Waals surface area contributed by atoms with Gasteiger partial charge in [-0.2, -0.15) is 0 Å². The van der Waals surface area contributed by atoms with Gasteiger partial charge in [-0.1, -0.05) is 28.8 Å². The van der Waals surface area contributed by atoms with E-state index in [4.69, 9.17) is 11.1 Å². The van der Waals surface area contributed by atoms with Crippen LogP contribution in [0.4, 0.5) is 0 Å². The van der Waals surface area contributed by atoms with Crippen LogP contribution < -0.4 is 5.73 Å². The molecule has 0 atom stereocenters. The van der Waals surface area contributed by atoms with E-state index in [1.807, 2.05) is 23.9 Å². The van der Waals surface area contributed by atoms with Gasteiger partial charge >= 0.3 is 0 Å². The molecule has 0 heterocycles. The summed E-state index contributed by atoms with van der Waals surface area (Å²) in [6.45, 7) is 0. The summed E-state index contributed by atoms with van der Waals surface area (Å²) in [5.74, 6) is 0.160. The van der Waals surface area contributed by atoms with Gasteiger partial charge in [0.2, 0.25) is 0 Å². The Kier molecular flexibility index (Phi) is 3.92. The fraction of sp³-hybridized carbons (Fsp3) is 0.417. The molecule has 1 aromatic carbocycles. The molecule has 1 aliphatic rings. The number of benzene rings is 1. The second-order valence-corrected chi connectivity index (χ2v) is 6.34. The van der Waals surface area contributed by atoms with Gasteiger partial charge < -0.3 is 5.73 Å². The predicted octanol–water partition coefficient (Wildman–Crippen LogP) is 3.77. The number of nitrogens with one attached hydrogen (secondary N) is 1. The Balaban J connectivity index is 2.22. The van der Waals surface area contributed by atoms with Crippen LogP contribution in [0.2, 0.25) is 0 Å². The van der Waals surface area contributed by atoms with Crippen molar-refractivity contribution in [3.63, 3.8) is 0 Å². The van der Waals surface area contributed by atoms with Gasteiger partial charge in [0.1, 0.15) is 5.84 Å². The third-order valence-electron chi connectivity index (χ3n) is 2.83. The van der Waals surface area contributed by atoms with Gasteiger partial charge in [0.05, 0.1) is 0 Å². The molecule has 0 spiro atoms. The number of hydrogen-bond acceptors (Lipinski definition) is 2. The summed E-state index contributed by atoms with van der Waals surface area (Å²) in [6, 6.07) is 5.93. The molecular formula is C12H15BrN2S. The zero-order valence-corrected chi connectivity index (χ0v) is 11.4. The van der Waals surface area contributed by atoms with Crippen molar-refractivity contribution in [2.45, 2.75) is 35.8 Å². The van der Waals surface area contributed by atoms with Crippen LogP contribution in [0.25, 0.3) is 0 Å². The van der Waals surface area contributed by atoms with Gasteiger partial charge in [-0.15, -0.1) is 11.8 Å². The summed E-state index contributed by atoms with van der Waals surface area (Å²) >= 11 is 5.34. The van der Waals surface area contributed by atoms with E-state index in [1.165, 1.54) is 25.7 Å². The number of nitrogens with two attached hydrogens (primary N) is 1. The van der Waals surface area contributed by atoms with Gasteiger partial charge in [0.15, 0.2) is 0 Å². The first-order chi connectivity index (χ1) is 7.66. The first kappa shape index (κ1) is 12.0. The monoisotopic (exact) mass is 298 g/mol. The van der Waals surface area contributed by atoms with E-state index in [0.717, 1.165) is 14.9 Å². The van der Waals surface area contributed by atoms with Crippen LogP contribution in [0.15, 0.2) is 27.6 Å². The standard InChI is InChI=1S/C12H15BrN2S/c13-8-5-6-10(12(14)15)11(7-8)16-9-3-1-2-4-9/h5-7,9H,1-4H2,(H3,14,15). The summed E-state index contributed by atoms with van der Waals surface area (Å²) in [7, 11) is 0. The molecule has 0 unspecified atom stereocenters. The second-order valence-electron chi connectivity index (χ2n) is 4.08. The minimum absolute atomic E-state index is 0.160. The molecule has 1 aromatic rings. The Hall–Kier alpha value is -0.480. The van der Waals surface area contributed by atoms with E-state index in [1.54, 1.807) is 0 Å². The summed E-state index contributed by atoms with van der Waals surface area (Å²) in [6.07, 6.45) is 5.24. The molecule has 1 fully saturated rings. The van der Waals surface area contributed by atoms with Crippen LogP contribution >= 0.6 is 27.7 Å². The van der Waals surface area contributed by atoms with Crippen molar-refractivity contribution in [1.82, 2.24) is 0 Å². The normalized spacial score (nSPS) is 16.6. The van der Waals surface area contributed by atoms with Crippen molar-refractivity contribution in [3.05, 3.63) is 28.2 Å². The molecule has 0 aliphatic heterocycles. The Labute approximate surface area is 109 Å². The fourth-order valence-corrected chi connectivity index (χ4v) is 3.94. The highest BCUT2D eigenvalue weighted by atomic mass is 79.9. The molecule has 4 heteroatoms. The molecule has 2 nitrogen and oxygen atoms in total. The highest BCUT2D eigenvalue weighted by Gasteiger charge is 2.18. The van der Waals surface area contributed by atoms with E-state index in [2.05, 4.69) is 22.0 Å². The number of hydrogen-bond donors (Lipinski definition) is 2. The lowest BCUT2D eigenvalue weighted by Gasteiger charge is -2.12. The van der Waals surface area contributed by atoms with Gasteiger partial charge in [0, 0.05) is 20.2 Å². The van der Waals surface area contributed by atoms with Crippen LogP contribution in [0.3, 0.4) is 0 Å². The first-order valence-electron chi connectivity index (χ1n) is 5.47. The zero-order valence-electron chi connectivity index (χ0n) is 9.00. The maximum atomic E-state index is 7.57. The lowest BCUT2D eigenvalue weighted by molar-refractivity contribution is 0.886. The first-order valence-corrected chi connectivity index (χ1v) is 7.14. The average molecular weight is 299 g/mol. The van der Waals surface area contributed by atoms with Crippen LogP contribution in [0, 0.1) is 5.41 Å². The molecule has 86 valence electrons. The average Bonchev–Trinajstić information content (AvgIpc) is 2.70. The third-order valence-corrected chi connectivity index (χ3v) is 4.72. The van der Waals surface area contributed by atoms with E-state index in [-0.39, 0.29) is 5.84 Å². The SMILES string of the molecule is N=C(N)c1ccc(Br)cc1SC1CCCC1. The second kappa shape index (κ2) is 5.23. The molecule has 3 N–H and O–H groups in total. The van der Waals surface area contributed by atoms with Crippen molar-refractivity contribution >= 4 is 33.5 Å². The molecule has 1 aliphatic carbocycles. The zero-order chi connectivity index (χ0) is 11.5. The Morgan fingerprint density at radius 1 is 1.38 bits per heavy atom. The quantitative estimate of drug-likeness (QED) is 0.659. The van der Waals surface area contributed by atoms with Crippen molar-refractivity contribution in [2.24, 2.45) is 5.73 Å². The summed E-state index contributed by atoms with van der Waals surface area (Å²) in [4.78, 5) is 1.13. The smallest absolute Gasteiger partial charge is 0.123 e. The summed E-state index contributed by atoms with van der Waals surface area (Å²) < 4.78 is 1.05. The number of thioether (sulfide) groups is 1. The number of halogens is 1. The maximum Gasteiger partial charge on any atom is 0.123 e. The van der Waals surface area contributed by atoms with E-state index in [9.17, 15) is 0 Å². The van der Waals surface area contributed by atoms with Crippen molar-refractivity contribution in [3.8, 4) is 0 Å². The maximum absolute atomic E-state index is 7.57. The van der Waals surface area contributed by atoms with Gasteiger partial charge in [0.25, 0.3) is 0 Å². The van der Waals surface area contributed by atoms with Crippen LogP contribution in [0.5, 0.6) is 0 Å². The molecular weight excluding hydrogens is 284 g/mol. The van der Waals surface area contributed by atoms with Crippen LogP contribution in [-0.4, -0.2) is 11.1 Å². The Morgan fingerprint density at radius 3 is 2.69 bits per heavy atom. The molecule has 0 bridgehead atoms. The minimum atomic E-state index is 0.160. The summed E-state index contributed by atoms with van der Waals surface area (Å²) in [5, 5.41) is 8.27. The van der Waals surface area contributed by atoms with Crippen molar-refractivity contribution in [1.29, 1.82) is 5.41 Å². The van der Waals surface area contributed by atoms with Crippen molar-refractivity contribution < 1.29 is 0 Å². The minimum Gasteiger partial charge on any atom is -0.384 e. The topological polar surface area (TPSA) is 49.9 Å². The van der Waals surface area contributed by atoms with E-state index in [0.29, 0.717) is 5.25 Å². The van der Waals surface area contributed by atoms with Crippen molar-refractivity contribution in [2.75, 3.05) is 0 Å². The molecule has 16 heavy (non-hydrogen) atoms. The van der Waals surface area contributed by atoms with Crippen LogP contribution in [-0.2, 0) is 0 Å². The molecule has 1 saturated carbocycles. The molecule has 2 rings (SSSR count). The van der Waals surface area contributed by atoms with Gasteiger partial charge in [-0.3, -0.25) is 5.41 Å². The predicted molar refractivity (Wildman–Crippen MR) is 73.3 cm³/mol. The largest absolute Gasteiger partial charge is 0.384 e. The lowest BCUT2D eigenvalue weighted by atomic mass is 10.2. The highest BCUT2D eigenvalue weighted by Crippen LogP contribution is 2.37. The van der Waals surface area contributed by atoms with Crippen LogP contribution in [0.1, 0.15) is 31.2 Å². The third kappa shape index (κ3) is 2.80. The summed E-state index contributed by atoms with van der Waals surface area (Å²) in [5.41, 5.74) is 6.45. The lowest BCUT2D eigenvalue weighted by Crippen LogP contribution is -2.12. The van der Waals surface area contributed by atoms with E-state index < -0.39 is 0 Å². The fourth-order valence-electron chi connectivity index (χ4n) is 2.00. The Morgan fingerprint density at radius 2 is 2.06 bits per heavy atom. The molecule has 0 radical (unpaired) electrons. The van der Waals surface area contributed by atoms with Gasteiger partial charge in [-0.05, 0) is 31.0 Å². The van der Waals surface area contributed by atoms with E-state index >= 15 is 0 Å². The Bertz CT molecular complexity index is 400. The number of rotatable bonds is 3. The molecule has 0 aromatic heterocycles. The molecule has 0 amide bonds. The highest BCUT2D eigenvalue weighted by molar-refractivity contribution is 9.10. The number of amidine groups is 1. The molecule has 0 saturated heterocycles. The number of nitrogen functional groups attached to an aromatic ring is 1. The van der Waals surface area contributed by atoms with Gasteiger partial charge in [-0.25, -0.2) is 0 Å².